The Balaban J connectivity index is 1.62. The van der Waals surface area contributed by atoms with Gasteiger partial charge in [0, 0.05) is 25.2 Å². The molecule has 0 aromatic rings. The Morgan fingerprint density at radius 3 is 2.76 bits per heavy atom. The number of aliphatic carboxylic acids is 1. The highest BCUT2D eigenvalue weighted by molar-refractivity contribution is 5.70. The van der Waals surface area contributed by atoms with Crippen molar-refractivity contribution in [3.63, 3.8) is 0 Å². The van der Waals surface area contributed by atoms with Gasteiger partial charge in [-0.2, -0.15) is 0 Å². The number of hydrogen-bond donors (Lipinski definition) is 2. The molecule has 2 saturated heterocycles. The van der Waals surface area contributed by atoms with Crippen LogP contribution >= 0.6 is 0 Å². The molecule has 0 aromatic heterocycles. The van der Waals surface area contributed by atoms with E-state index in [-0.39, 0.29) is 6.42 Å². The van der Waals surface area contributed by atoms with Crippen molar-refractivity contribution in [1.82, 2.24) is 10.2 Å². The zero-order valence-electron chi connectivity index (χ0n) is 12.8. The van der Waals surface area contributed by atoms with Gasteiger partial charge in [-0.1, -0.05) is 0 Å². The lowest BCUT2D eigenvalue weighted by atomic mass is 9.71. The highest BCUT2D eigenvalue weighted by atomic mass is 19.1. The summed E-state index contributed by atoms with van der Waals surface area (Å²) >= 11 is 0. The van der Waals surface area contributed by atoms with Crippen LogP contribution in [0.5, 0.6) is 0 Å². The predicted molar refractivity (Wildman–Crippen MR) is 78.9 cm³/mol. The monoisotopic (exact) mass is 298 g/mol. The molecule has 0 radical (unpaired) electrons. The normalized spacial score (nSPS) is 45.0. The maximum atomic E-state index is 13.9. The second kappa shape index (κ2) is 6.21. The number of rotatable bonds is 2. The summed E-state index contributed by atoms with van der Waals surface area (Å²) in [5.41, 5.74) is 0. The van der Waals surface area contributed by atoms with E-state index in [0.29, 0.717) is 25.2 Å². The highest BCUT2D eigenvalue weighted by Gasteiger charge is 2.40. The minimum absolute atomic E-state index is 0.186. The fourth-order valence-electron chi connectivity index (χ4n) is 4.63. The number of carboxylic acid groups (broad SMARTS) is 1. The summed E-state index contributed by atoms with van der Waals surface area (Å²) in [4.78, 5) is 13.3. The van der Waals surface area contributed by atoms with Gasteiger partial charge in [-0.25, -0.2) is 4.39 Å². The number of nitrogens with one attached hydrogen (secondary N) is 1. The van der Waals surface area contributed by atoms with Crippen LogP contribution in [0.3, 0.4) is 0 Å². The van der Waals surface area contributed by atoms with E-state index in [4.69, 9.17) is 0 Å². The summed E-state index contributed by atoms with van der Waals surface area (Å²) in [6.07, 6.45) is 3.82. The van der Waals surface area contributed by atoms with Gasteiger partial charge in [0.1, 0.15) is 6.17 Å². The molecule has 0 aromatic carbocycles. The van der Waals surface area contributed by atoms with Crippen molar-refractivity contribution in [2.75, 3.05) is 19.6 Å². The van der Waals surface area contributed by atoms with E-state index in [1.807, 2.05) is 0 Å². The molecule has 0 bridgehead atoms. The third-order valence-electron chi connectivity index (χ3n) is 5.79. The Morgan fingerprint density at radius 2 is 2.00 bits per heavy atom. The lowest BCUT2D eigenvalue weighted by molar-refractivity contribution is -0.145. The molecule has 2 N–H and O–H groups in total. The SMILES string of the molecule is C[C@@H]1C[C@H]2C[C@@H](N3C[C@H](F)C[C@@H](C(=O)O)C3)CC[C@H]2CN1. The summed E-state index contributed by atoms with van der Waals surface area (Å²) in [5.74, 6) is 0.117. The van der Waals surface area contributed by atoms with Gasteiger partial charge < -0.3 is 10.4 Å². The minimum Gasteiger partial charge on any atom is -0.481 e. The van der Waals surface area contributed by atoms with Crippen molar-refractivity contribution < 1.29 is 14.3 Å². The molecule has 4 nitrogen and oxygen atoms in total. The largest absolute Gasteiger partial charge is 0.481 e. The molecule has 2 heterocycles. The van der Waals surface area contributed by atoms with Crippen LogP contribution in [0.15, 0.2) is 0 Å². The number of hydrogen-bond acceptors (Lipinski definition) is 3. The standard InChI is InChI=1S/C16H27FN2O2/c1-10-4-12-6-15(3-2-11(12)7-18-10)19-8-13(16(20)21)5-14(17)9-19/h10-15,18H,2-9H2,1H3,(H,20,21)/t10-,11+,12+,13-,14-,15+/m1/s1. The van der Waals surface area contributed by atoms with Crippen molar-refractivity contribution in [1.29, 1.82) is 0 Å². The first-order valence-corrected chi connectivity index (χ1v) is 8.37. The van der Waals surface area contributed by atoms with Gasteiger partial charge >= 0.3 is 5.97 Å². The summed E-state index contributed by atoms with van der Waals surface area (Å²) in [5, 5.41) is 12.7. The molecule has 6 atom stereocenters. The van der Waals surface area contributed by atoms with Gasteiger partial charge in [0.05, 0.1) is 5.92 Å². The van der Waals surface area contributed by atoms with Gasteiger partial charge in [-0.15, -0.1) is 0 Å². The molecule has 0 spiro atoms. The average molecular weight is 298 g/mol. The molecular formula is C16H27FN2O2. The second-order valence-electron chi connectivity index (χ2n) is 7.35. The summed E-state index contributed by atoms with van der Waals surface area (Å²) < 4.78 is 13.9. The molecular weight excluding hydrogens is 271 g/mol. The number of alkyl halides is 1. The zero-order chi connectivity index (χ0) is 15.0. The summed E-state index contributed by atoms with van der Waals surface area (Å²) in [7, 11) is 0. The van der Waals surface area contributed by atoms with Crippen LogP contribution in [0.4, 0.5) is 4.39 Å². The van der Waals surface area contributed by atoms with Gasteiger partial charge in [-0.3, -0.25) is 9.69 Å². The number of fused-ring (bicyclic) bond motifs is 1. The molecule has 2 aliphatic heterocycles. The van der Waals surface area contributed by atoms with E-state index in [2.05, 4.69) is 17.1 Å². The quantitative estimate of drug-likeness (QED) is 0.817. The molecule has 3 aliphatic rings. The number of nitrogens with zero attached hydrogens (tertiary/aromatic N) is 1. The van der Waals surface area contributed by atoms with Crippen LogP contribution in [0, 0.1) is 17.8 Å². The van der Waals surface area contributed by atoms with Gasteiger partial charge in [0.25, 0.3) is 0 Å². The van der Waals surface area contributed by atoms with E-state index in [0.717, 1.165) is 31.2 Å². The van der Waals surface area contributed by atoms with Gasteiger partial charge in [0.2, 0.25) is 0 Å². The zero-order valence-corrected chi connectivity index (χ0v) is 12.8. The number of carbonyl (C=O) groups is 1. The smallest absolute Gasteiger partial charge is 0.307 e. The number of piperidine rings is 2. The Morgan fingerprint density at radius 1 is 1.19 bits per heavy atom. The van der Waals surface area contributed by atoms with Crippen molar-refractivity contribution in [3.05, 3.63) is 0 Å². The molecule has 3 rings (SSSR count). The molecule has 0 amide bonds. The second-order valence-corrected chi connectivity index (χ2v) is 7.35. The van der Waals surface area contributed by atoms with Gasteiger partial charge in [-0.05, 0) is 57.4 Å². The van der Waals surface area contributed by atoms with Crippen molar-refractivity contribution >= 4 is 5.97 Å². The number of likely N-dealkylation sites (tertiary alicyclic amines) is 1. The van der Waals surface area contributed by atoms with E-state index in [9.17, 15) is 14.3 Å². The topological polar surface area (TPSA) is 52.6 Å². The third kappa shape index (κ3) is 3.39. The minimum atomic E-state index is -0.982. The van der Waals surface area contributed by atoms with Crippen LogP contribution in [0.2, 0.25) is 0 Å². The van der Waals surface area contributed by atoms with Crippen molar-refractivity contribution in [2.24, 2.45) is 17.8 Å². The molecule has 1 aliphatic carbocycles. The number of carboxylic acids is 1. The lowest BCUT2D eigenvalue weighted by Gasteiger charge is -2.47. The Hall–Kier alpha value is -0.680. The van der Waals surface area contributed by atoms with Crippen LogP contribution in [0.1, 0.15) is 39.0 Å². The molecule has 0 unspecified atom stereocenters. The van der Waals surface area contributed by atoms with E-state index in [1.54, 1.807) is 0 Å². The van der Waals surface area contributed by atoms with Crippen LogP contribution in [-0.2, 0) is 4.79 Å². The first-order valence-electron chi connectivity index (χ1n) is 8.37. The molecule has 3 fully saturated rings. The lowest BCUT2D eigenvalue weighted by Crippen LogP contribution is -2.53. The maximum absolute atomic E-state index is 13.9. The predicted octanol–water partition coefficient (Wildman–Crippen LogP) is 1.90. The van der Waals surface area contributed by atoms with E-state index >= 15 is 0 Å². The fourth-order valence-corrected chi connectivity index (χ4v) is 4.63. The Labute approximate surface area is 126 Å². The van der Waals surface area contributed by atoms with Gasteiger partial charge in [0.15, 0.2) is 0 Å². The molecule has 1 saturated carbocycles. The summed E-state index contributed by atoms with van der Waals surface area (Å²) in [6.45, 7) is 4.31. The molecule has 5 heteroatoms. The van der Waals surface area contributed by atoms with Crippen LogP contribution < -0.4 is 5.32 Å². The average Bonchev–Trinajstić information content (AvgIpc) is 2.45. The summed E-state index contributed by atoms with van der Waals surface area (Å²) in [6, 6.07) is 0.962. The first-order chi connectivity index (χ1) is 10.0. The fraction of sp³-hybridized carbons (Fsp3) is 0.938. The van der Waals surface area contributed by atoms with E-state index < -0.39 is 18.1 Å². The molecule has 21 heavy (non-hydrogen) atoms. The molecule has 120 valence electrons. The van der Waals surface area contributed by atoms with E-state index in [1.165, 1.54) is 12.8 Å². The Bertz CT molecular complexity index is 392. The Kier molecular flexibility index (Phi) is 4.50. The highest BCUT2D eigenvalue weighted by Crippen LogP contribution is 2.38. The first kappa shape index (κ1) is 15.2. The van der Waals surface area contributed by atoms with Crippen LogP contribution in [-0.4, -0.2) is 53.9 Å². The van der Waals surface area contributed by atoms with Crippen molar-refractivity contribution in [3.8, 4) is 0 Å². The van der Waals surface area contributed by atoms with Crippen LogP contribution in [0.25, 0.3) is 0 Å². The maximum Gasteiger partial charge on any atom is 0.307 e. The number of halogens is 1. The van der Waals surface area contributed by atoms with Crippen molar-refractivity contribution in [2.45, 2.75) is 57.3 Å². The third-order valence-corrected chi connectivity index (χ3v) is 5.79.